The molecule has 0 spiro atoms. The van der Waals surface area contributed by atoms with Gasteiger partial charge in [0.2, 0.25) is 0 Å². The highest BCUT2D eigenvalue weighted by Gasteiger charge is 2.59. The van der Waals surface area contributed by atoms with Gasteiger partial charge in [-0.1, -0.05) is 20.8 Å². The van der Waals surface area contributed by atoms with E-state index < -0.39 is 0 Å². The zero-order valence-corrected chi connectivity index (χ0v) is 14.8. The first-order chi connectivity index (χ1) is 9.74. The number of hydrogen-bond acceptors (Lipinski definition) is 3. The van der Waals surface area contributed by atoms with Gasteiger partial charge in [-0.05, 0) is 64.7 Å². The van der Waals surface area contributed by atoms with E-state index in [2.05, 4.69) is 48.7 Å². The van der Waals surface area contributed by atoms with Crippen LogP contribution in [0.2, 0.25) is 0 Å². The van der Waals surface area contributed by atoms with E-state index in [1.165, 1.54) is 19.3 Å². The number of halogens is 1. The van der Waals surface area contributed by atoms with Crippen LogP contribution >= 0.6 is 22.6 Å². The third kappa shape index (κ3) is 2.33. The minimum absolute atomic E-state index is 0.156. The van der Waals surface area contributed by atoms with Crippen LogP contribution in [0, 0.1) is 30.4 Å². The second-order valence-corrected chi connectivity index (χ2v) is 8.58. The molecule has 2 saturated carbocycles. The predicted octanol–water partition coefficient (Wildman–Crippen LogP) is 4.83. The Labute approximate surface area is 139 Å². The summed E-state index contributed by atoms with van der Waals surface area (Å²) in [5.74, 6) is 0.788. The van der Waals surface area contributed by atoms with E-state index in [9.17, 15) is 10.1 Å². The van der Waals surface area contributed by atoms with Crippen molar-refractivity contribution in [3.05, 3.63) is 31.9 Å². The Morgan fingerprint density at radius 3 is 2.62 bits per heavy atom. The maximum atomic E-state index is 10.8. The van der Waals surface area contributed by atoms with Crippen LogP contribution in [0.25, 0.3) is 0 Å². The number of rotatable bonds is 3. The number of nitrogens with zero attached hydrogens (tertiary/aromatic N) is 1. The molecule has 2 bridgehead atoms. The van der Waals surface area contributed by atoms with E-state index in [1.54, 1.807) is 12.1 Å². The monoisotopic (exact) mass is 400 g/mol. The zero-order valence-electron chi connectivity index (χ0n) is 12.6. The summed E-state index contributed by atoms with van der Waals surface area (Å²) < 4.78 is 0.920. The van der Waals surface area contributed by atoms with Gasteiger partial charge in [0, 0.05) is 27.4 Å². The molecule has 1 N–H and O–H groups in total. The van der Waals surface area contributed by atoms with E-state index in [0.717, 1.165) is 15.2 Å². The molecule has 3 atom stereocenters. The van der Waals surface area contributed by atoms with Gasteiger partial charge in [0.15, 0.2) is 0 Å². The van der Waals surface area contributed by atoms with Crippen LogP contribution in [0.15, 0.2) is 18.2 Å². The van der Waals surface area contributed by atoms with Crippen molar-refractivity contribution in [2.75, 3.05) is 5.32 Å². The van der Waals surface area contributed by atoms with E-state index in [1.807, 2.05) is 6.07 Å². The Balaban J connectivity index is 1.88. The molecular weight excluding hydrogens is 379 g/mol. The van der Waals surface area contributed by atoms with Crippen LogP contribution in [-0.4, -0.2) is 11.0 Å². The van der Waals surface area contributed by atoms with Crippen LogP contribution in [0.5, 0.6) is 0 Å². The molecule has 1 aromatic rings. The van der Waals surface area contributed by atoms with Crippen LogP contribution in [0.1, 0.15) is 40.0 Å². The number of benzene rings is 1. The summed E-state index contributed by atoms with van der Waals surface area (Å²) in [5.41, 5.74) is 1.80. The quantitative estimate of drug-likeness (QED) is 0.450. The average molecular weight is 400 g/mol. The summed E-state index contributed by atoms with van der Waals surface area (Å²) in [6, 6.07) is 5.52. The van der Waals surface area contributed by atoms with Crippen molar-refractivity contribution in [3.63, 3.8) is 0 Å². The zero-order chi connectivity index (χ0) is 15.4. The Bertz CT molecular complexity index is 597. The van der Waals surface area contributed by atoms with E-state index in [-0.39, 0.29) is 16.0 Å². The van der Waals surface area contributed by atoms with Crippen molar-refractivity contribution >= 4 is 34.0 Å². The lowest BCUT2D eigenvalue weighted by Gasteiger charge is -2.43. The molecule has 0 radical (unpaired) electrons. The number of hydrogen-bond donors (Lipinski definition) is 1. The lowest BCUT2D eigenvalue weighted by atomic mass is 9.68. The molecule has 114 valence electrons. The summed E-state index contributed by atoms with van der Waals surface area (Å²) in [6.45, 7) is 7.10. The van der Waals surface area contributed by atoms with Gasteiger partial charge in [0.05, 0.1) is 4.92 Å². The number of nitro benzene ring substituents is 1. The van der Waals surface area contributed by atoms with Crippen molar-refractivity contribution in [1.82, 2.24) is 0 Å². The average Bonchev–Trinajstić information content (AvgIpc) is 2.87. The number of fused-ring (bicyclic) bond motifs is 2. The molecule has 21 heavy (non-hydrogen) atoms. The summed E-state index contributed by atoms with van der Waals surface area (Å²) in [4.78, 5) is 10.5. The van der Waals surface area contributed by atoms with Gasteiger partial charge in [0.25, 0.3) is 5.69 Å². The molecule has 0 aromatic heterocycles. The SMILES string of the molecule is CC12CCC(C1)C(C)(C)C2Nc1ccc([N+](=O)[O-])cc1I. The van der Waals surface area contributed by atoms with Crippen LogP contribution in [0.4, 0.5) is 11.4 Å². The first kappa shape index (κ1) is 15.1. The molecule has 3 rings (SSSR count). The topological polar surface area (TPSA) is 55.2 Å². The Morgan fingerprint density at radius 2 is 2.10 bits per heavy atom. The van der Waals surface area contributed by atoms with Crippen molar-refractivity contribution in [3.8, 4) is 0 Å². The first-order valence-electron chi connectivity index (χ1n) is 7.44. The molecule has 0 amide bonds. The lowest BCUT2D eigenvalue weighted by molar-refractivity contribution is -0.384. The normalized spacial score (nSPS) is 33.1. The van der Waals surface area contributed by atoms with Crippen molar-refractivity contribution in [2.45, 2.75) is 46.1 Å². The first-order valence-corrected chi connectivity index (χ1v) is 8.52. The smallest absolute Gasteiger partial charge is 0.270 e. The molecule has 2 fully saturated rings. The number of anilines is 1. The molecular formula is C16H21IN2O2. The summed E-state index contributed by atoms with van der Waals surface area (Å²) >= 11 is 2.19. The third-order valence-corrected chi connectivity index (χ3v) is 6.63. The Kier molecular flexibility index (Phi) is 3.46. The standard InChI is InChI=1S/C16H21IN2O2/c1-15(2)10-6-7-16(3,9-10)14(15)18-13-5-4-11(19(20)21)8-12(13)17/h4-5,8,10,14,18H,6-7,9H2,1-3H3. The molecule has 0 saturated heterocycles. The van der Waals surface area contributed by atoms with Gasteiger partial charge in [0.1, 0.15) is 0 Å². The molecule has 2 aliphatic carbocycles. The van der Waals surface area contributed by atoms with Gasteiger partial charge >= 0.3 is 0 Å². The van der Waals surface area contributed by atoms with Gasteiger partial charge in [-0.15, -0.1) is 0 Å². The molecule has 3 unspecified atom stereocenters. The largest absolute Gasteiger partial charge is 0.380 e. The second kappa shape index (κ2) is 4.83. The Morgan fingerprint density at radius 1 is 1.38 bits per heavy atom. The molecule has 4 nitrogen and oxygen atoms in total. The van der Waals surface area contributed by atoms with Crippen molar-refractivity contribution < 1.29 is 4.92 Å². The highest BCUT2D eigenvalue weighted by molar-refractivity contribution is 14.1. The lowest BCUT2D eigenvalue weighted by Crippen LogP contribution is -2.45. The van der Waals surface area contributed by atoms with Crippen LogP contribution in [-0.2, 0) is 0 Å². The van der Waals surface area contributed by atoms with E-state index in [4.69, 9.17) is 0 Å². The fourth-order valence-corrected chi connectivity index (χ4v) is 5.21. The minimum atomic E-state index is -0.339. The van der Waals surface area contributed by atoms with Crippen LogP contribution < -0.4 is 5.32 Å². The number of nitrogens with one attached hydrogen (secondary N) is 1. The van der Waals surface area contributed by atoms with Gasteiger partial charge in [-0.3, -0.25) is 10.1 Å². The highest BCUT2D eigenvalue weighted by Crippen LogP contribution is 2.63. The van der Waals surface area contributed by atoms with Gasteiger partial charge < -0.3 is 5.32 Å². The number of non-ortho nitro benzene ring substituents is 1. The summed E-state index contributed by atoms with van der Waals surface area (Å²) in [6.07, 6.45) is 3.91. The number of nitro groups is 1. The highest BCUT2D eigenvalue weighted by atomic mass is 127. The summed E-state index contributed by atoms with van der Waals surface area (Å²) in [7, 11) is 0. The maximum Gasteiger partial charge on any atom is 0.270 e. The van der Waals surface area contributed by atoms with Crippen LogP contribution in [0.3, 0.4) is 0 Å². The molecule has 2 aliphatic rings. The van der Waals surface area contributed by atoms with Crippen molar-refractivity contribution in [2.24, 2.45) is 16.7 Å². The van der Waals surface area contributed by atoms with Gasteiger partial charge in [-0.2, -0.15) is 0 Å². The van der Waals surface area contributed by atoms with E-state index in [0.29, 0.717) is 11.5 Å². The summed E-state index contributed by atoms with van der Waals surface area (Å²) in [5, 5.41) is 14.6. The fourth-order valence-electron chi connectivity index (χ4n) is 4.55. The second-order valence-electron chi connectivity index (χ2n) is 7.41. The maximum absolute atomic E-state index is 10.8. The minimum Gasteiger partial charge on any atom is -0.380 e. The molecule has 1 aromatic carbocycles. The van der Waals surface area contributed by atoms with Crippen molar-refractivity contribution in [1.29, 1.82) is 0 Å². The fraction of sp³-hybridized carbons (Fsp3) is 0.625. The Hall–Kier alpha value is -0.850. The third-order valence-electron chi connectivity index (χ3n) is 5.73. The molecule has 0 aliphatic heterocycles. The predicted molar refractivity (Wildman–Crippen MR) is 92.5 cm³/mol. The van der Waals surface area contributed by atoms with Gasteiger partial charge in [-0.25, -0.2) is 0 Å². The van der Waals surface area contributed by atoms with E-state index >= 15 is 0 Å². The molecule has 5 heteroatoms. The molecule has 0 heterocycles.